The van der Waals surface area contributed by atoms with Crippen LogP contribution in [-0.2, 0) is 57.0 Å². The van der Waals surface area contributed by atoms with Crippen LogP contribution >= 0.6 is 0 Å². The average Bonchev–Trinajstić information content (AvgIpc) is 3.62. The van der Waals surface area contributed by atoms with E-state index in [1.165, 1.54) is 19.4 Å². The van der Waals surface area contributed by atoms with E-state index in [-0.39, 0.29) is 35.6 Å². The summed E-state index contributed by atoms with van der Waals surface area (Å²) in [6.07, 6.45) is -10.3. The van der Waals surface area contributed by atoms with Crippen LogP contribution < -0.4 is 0 Å². The largest absolute Gasteiger partial charge is 0.457 e. The topological polar surface area (TPSA) is 248 Å². The maximum absolute atomic E-state index is 12.8. The zero-order chi connectivity index (χ0) is 47.4. The molecule has 7 unspecified atom stereocenters. The van der Waals surface area contributed by atoms with E-state index >= 15 is 0 Å². The summed E-state index contributed by atoms with van der Waals surface area (Å²) in [6, 6.07) is 0. The first-order chi connectivity index (χ1) is 31.1. The summed E-state index contributed by atoms with van der Waals surface area (Å²) in [7, 11) is 0. The molecule has 18 nitrogen and oxygen atoms in total. The Labute approximate surface area is 386 Å². The molecular formula is C48H74O18. The fourth-order valence-electron chi connectivity index (χ4n) is 14.3. The molecule has 18 heteroatoms. The van der Waals surface area contributed by atoms with Gasteiger partial charge in [-0.15, -0.1) is 0 Å². The van der Waals surface area contributed by atoms with Gasteiger partial charge in [0.15, 0.2) is 36.9 Å². The number of rotatable bonds is 8. The van der Waals surface area contributed by atoms with Gasteiger partial charge in [0.1, 0.15) is 48.3 Å². The lowest BCUT2D eigenvalue weighted by molar-refractivity contribution is -0.382. The number of carbonyl (C=O) groups excluding carboxylic acids is 2. The Morgan fingerprint density at radius 2 is 1.41 bits per heavy atom. The van der Waals surface area contributed by atoms with Crippen molar-refractivity contribution < 1.29 is 87.6 Å². The monoisotopic (exact) mass is 938 g/mol. The Bertz CT molecular complexity index is 1820. The standard InChI is InChI=1S/C48H74O18/c1-21-11-16-47(58-19-21)24(4)48(56)33(66-47)18-31-29-10-9-27-17-28(12-14-45(27,7)30(29)13-15-46(31,48)8)63-43-41(65-42-36(54)35(53)34(52)22(2)59-42)39(32(51)20-57-43)64-44-40(62-26(6)50)37(55)38(23(3)60-44)61-25(5)49/h9,21-24,28-44,51-56H,10-20H2,1-8H3/t21-,22-,23-,24-,28?,29?,30?,31?,32-,33?,34+,35-,36-,37-,38+,39+,40+,41-,42+,43-,44+,45+,46+,47?,48?/m1/s1. The van der Waals surface area contributed by atoms with Gasteiger partial charge in [-0.25, -0.2) is 0 Å². The van der Waals surface area contributed by atoms with Crippen LogP contribution in [0.1, 0.15) is 113 Å². The summed E-state index contributed by atoms with van der Waals surface area (Å²) in [5.41, 5.74) is -0.0893. The van der Waals surface area contributed by atoms with Crippen LogP contribution in [0.2, 0.25) is 0 Å². The van der Waals surface area contributed by atoms with E-state index < -0.39 is 109 Å². The van der Waals surface area contributed by atoms with Gasteiger partial charge in [0.25, 0.3) is 0 Å². The summed E-state index contributed by atoms with van der Waals surface area (Å²) in [4.78, 5) is 24.2. The highest BCUT2D eigenvalue weighted by molar-refractivity contribution is 5.67. The van der Waals surface area contributed by atoms with Crippen LogP contribution in [0.5, 0.6) is 0 Å². The van der Waals surface area contributed by atoms with Crippen LogP contribution in [0.4, 0.5) is 0 Å². The molecule has 9 aliphatic rings. The van der Waals surface area contributed by atoms with E-state index in [4.69, 9.17) is 47.4 Å². The van der Waals surface area contributed by atoms with Crippen molar-refractivity contribution in [2.45, 2.75) is 223 Å². The summed E-state index contributed by atoms with van der Waals surface area (Å²) in [5.74, 6) is -0.795. The lowest BCUT2D eigenvalue weighted by atomic mass is 9.46. The second kappa shape index (κ2) is 18.1. The summed E-state index contributed by atoms with van der Waals surface area (Å²) in [5, 5.41) is 68.0. The van der Waals surface area contributed by atoms with Crippen molar-refractivity contribution >= 4 is 11.9 Å². The van der Waals surface area contributed by atoms with Gasteiger partial charge >= 0.3 is 11.9 Å². The molecule has 0 aromatic carbocycles. The molecule has 4 aliphatic carbocycles. The van der Waals surface area contributed by atoms with Gasteiger partial charge in [-0.1, -0.05) is 39.3 Å². The molecule has 3 saturated carbocycles. The van der Waals surface area contributed by atoms with Crippen LogP contribution in [0.25, 0.3) is 0 Å². The van der Waals surface area contributed by atoms with Crippen LogP contribution in [-0.4, -0.2) is 165 Å². The van der Waals surface area contributed by atoms with Crippen molar-refractivity contribution in [3.05, 3.63) is 11.6 Å². The predicted octanol–water partition coefficient (Wildman–Crippen LogP) is 2.14. The van der Waals surface area contributed by atoms with Gasteiger partial charge in [-0.3, -0.25) is 9.59 Å². The number of esters is 2. The highest BCUT2D eigenvalue weighted by Crippen LogP contribution is 2.72. The molecule has 374 valence electrons. The molecule has 5 heterocycles. The van der Waals surface area contributed by atoms with E-state index in [1.54, 1.807) is 6.92 Å². The van der Waals surface area contributed by atoms with Crippen molar-refractivity contribution in [1.29, 1.82) is 0 Å². The summed E-state index contributed by atoms with van der Waals surface area (Å²) in [6.45, 7) is 14.7. The minimum absolute atomic E-state index is 0.107. The minimum Gasteiger partial charge on any atom is -0.457 e. The molecule has 8 fully saturated rings. The molecule has 66 heavy (non-hydrogen) atoms. The third-order valence-corrected chi connectivity index (χ3v) is 18.1. The second-order valence-corrected chi connectivity index (χ2v) is 21.9. The molecule has 6 N–H and O–H groups in total. The molecule has 0 aromatic heterocycles. The second-order valence-electron chi connectivity index (χ2n) is 21.9. The third kappa shape index (κ3) is 8.02. The van der Waals surface area contributed by atoms with E-state index in [9.17, 15) is 40.2 Å². The summed E-state index contributed by atoms with van der Waals surface area (Å²) < 4.78 is 61.7. The number of ether oxygens (including phenoxy) is 10. The number of aliphatic hydroxyl groups is 6. The lowest BCUT2D eigenvalue weighted by Gasteiger charge is -2.60. The molecule has 5 aliphatic heterocycles. The highest BCUT2D eigenvalue weighted by Gasteiger charge is 2.76. The van der Waals surface area contributed by atoms with Gasteiger partial charge in [-0.2, -0.15) is 0 Å². The zero-order valence-corrected chi connectivity index (χ0v) is 39.6. The molecule has 1 spiro atoms. The maximum atomic E-state index is 12.8. The van der Waals surface area contributed by atoms with Crippen LogP contribution in [0.3, 0.4) is 0 Å². The zero-order valence-electron chi connectivity index (χ0n) is 39.6. The number of allylic oxidation sites excluding steroid dienone is 1. The minimum atomic E-state index is -1.73. The van der Waals surface area contributed by atoms with Crippen molar-refractivity contribution in [1.82, 2.24) is 0 Å². The predicted molar refractivity (Wildman–Crippen MR) is 227 cm³/mol. The molecule has 9 rings (SSSR count). The fourth-order valence-corrected chi connectivity index (χ4v) is 14.3. The number of fused-ring (bicyclic) bond motifs is 7. The molecule has 25 atom stereocenters. The first-order valence-electron chi connectivity index (χ1n) is 24.5. The van der Waals surface area contributed by atoms with Gasteiger partial charge in [0, 0.05) is 31.6 Å². The van der Waals surface area contributed by atoms with Gasteiger partial charge in [0.05, 0.1) is 37.6 Å². The molecule has 5 saturated heterocycles. The maximum Gasteiger partial charge on any atom is 0.303 e. The van der Waals surface area contributed by atoms with E-state index in [1.807, 2.05) is 0 Å². The average molecular weight is 939 g/mol. The summed E-state index contributed by atoms with van der Waals surface area (Å²) >= 11 is 0. The van der Waals surface area contributed by atoms with E-state index in [0.29, 0.717) is 43.1 Å². The molecular weight excluding hydrogens is 865 g/mol. The number of carbonyl (C=O) groups is 2. The molecule has 0 aromatic rings. The van der Waals surface area contributed by atoms with E-state index in [0.717, 1.165) is 51.9 Å². The molecule has 0 radical (unpaired) electrons. The van der Waals surface area contributed by atoms with E-state index in [2.05, 4.69) is 33.8 Å². The lowest BCUT2D eigenvalue weighted by Crippen LogP contribution is -2.65. The first-order valence-corrected chi connectivity index (χ1v) is 24.5. The Kier molecular flexibility index (Phi) is 13.4. The van der Waals surface area contributed by atoms with Crippen LogP contribution in [0, 0.1) is 40.4 Å². The van der Waals surface area contributed by atoms with Crippen molar-refractivity contribution in [3.8, 4) is 0 Å². The highest BCUT2D eigenvalue weighted by atomic mass is 16.8. The quantitative estimate of drug-likeness (QED) is 0.151. The number of hydrogen-bond donors (Lipinski definition) is 6. The van der Waals surface area contributed by atoms with Crippen molar-refractivity contribution in [2.75, 3.05) is 13.2 Å². The van der Waals surface area contributed by atoms with Gasteiger partial charge < -0.3 is 78.0 Å². The van der Waals surface area contributed by atoms with Crippen molar-refractivity contribution in [2.24, 2.45) is 40.4 Å². The Balaban J connectivity index is 0.937. The fraction of sp³-hybridized carbons (Fsp3) is 0.917. The van der Waals surface area contributed by atoms with Crippen molar-refractivity contribution in [3.63, 3.8) is 0 Å². The van der Waals surface area contributed by atoms with Crippen LogP contribution in [0.15, 0.2) is 11.6 Å². The van der Waals surface area contributed by atoms with Gasteiger partial charge in [0.2, 0.25) is 0 Å². The smallest absolute Gasteiger partial charge is 0.303 e. The molecule has 0 amide bonds. The first kappa shape index (κ1) is 49.1. The SMILES string of the molecule is CC(=O)O[C@@H]1[C@H](O[C@@H]2[C@@H](O[C@@H]3O[C@H](C)[C@H](O)[C@@H](O)[C@H]3O)[C@@H](OC3CC[C@@]4(C)C(=CCC5C4CC[C@@]4(C)C5CC5OC6(CC[C@@H](C)CO6)[C@@H](C)C54O)C3)OC[C@H]2O)O[C@H](C)[C@H](OC(C)=O)[C@H]1O. The normalized spacial score (nSPS) is 54.6. The van der Waals surface area contributed by atoms with Gasteiger partial charge in [-0.05, 0) is 94.3 Å². The number of aliphatic hydroxyl groups excluding tert-OH is 5. The molecule has 0 bridgehead atoms. The Morgan fingerprint density at radius 1 is 0.712 bits per heavy atom. The number of hydrogen-bond acceptors (Lipinski definition) is 18. The third-order valence-electron chi connectivity index (χ3n) is 18.1. The Morgan fingerprint density at radius 3 is 2.11 bits per heavy atom. The Hall–Kier alpha value is -1.88.